The predicted octanol–water partition coefficient (Wildman–Crippen LogP) is 3.70. The van der Waals surface area contributed by atoms with Crippen LogP contribution in [0.3, 0.4) is 0 Å². The summed E-state index contributed by atoms with van der Waals surface area (Å²) in [7, 11) is 0. The number of carboxylic acids is 1. The average molecular weight is 246 g/mol. The Hall–Kier alpha value is -1.77. The Bertz CT molecular complexity index is 605. The number of carboxylic acid groups (broad SMARTS) is 1. The number of furan rings is 1. The van der Waals surface area contributed by atoms with Gasteiger partial charge in [0.1, 0.15) is 11.3 Å². The van der Waals surface area contributed by atoms with E-state index in [1.165, 1.54) is 0 Å². The van der Waals surface area contributed by atoms with Gasteiger partial charge in [0.15, 0.2) is 0 Å². The molecule has 2 rings (SSSR count). The maximum atomic E-state index is 11.1. The van der Waals surface area contributed by atoms with E-state index < -0.39 is 11.4 Å². The molecule has 96 valence electrons. The van der Waals surface area contributed by atoms with E-state index in [2.05, 4.69) is 0 Å². The van der Waals surface area contributed by atoms with Crippen molar-refractivity contribution in [3.63, 3.8) is 0 Å². The first kappa shape index (κ1) is 12.7. The average Bonchev–Trinajstić information content (AvgIpc) is 2.55. The van der Waals surface area contributed by atoms with Crippen LogP contribution in [0.5, 0.6) is 0 Å². The number of carbonyl (C=O) groups is 1. The molecule has 1 N–H and O–H groups in total. The van der Waals surface area contributed by atoms with Gasteiger partial charge in [-0.15, -0.1) is 0 Å². The predicted molar refractivity (Wildman–Crippen MR) is 70.8 cm³/mol. The van der Waals surface area contributed by atoms with Gasteiger partial charge >= 0.3 is 5.97 Å². The van der Waals surface area contributed by atoms with Crippen LogP contribution in [0.2, 0.25) is 0 Å². The Morgan fingerprint density at radius 1 is 1.33 bits per heavy atom. The summed E-state index contributed by atoms with van der Waals surface area (Å²) >= 11 is 0. The first-order valence-corrected chi connectivity index (χ1v) is 6.03. The zero-order chi connectivity index (χ0) is 13.5. The van der Waals surface area contributed by atoms with Gasteiger partial charge in [0.05, 0.1) is 5.41 Å². The molecule has 0 unspecified atom stereocenters. The van der Waals surface area contributed by atoms with Crippen molar-refractivity contribution in [3.8, 4) is 0 Å². The Labute approximate surface area is 106 Å². The molecule has 0 aliphatic heterocycles. The lowest BCUT2D eigenvalue weighted by Crippen LogP contribution is -2.26. The summed E-state index contributed by atoms with van der Waals surface area (Å²) in [6.07, 6.45) is 0.516. The van der Waals surface area contributed by atoms with E-state index >= 15 is 0 Å². The number of hydrogen-bond donors (Lipinski definition) is 1. The van der Waals surface area contributed by atoms with Crippen molar-refractivity contribution in [2.45, 2.75) is 34.1 Å². The van der Waals surface area contributed by atoms with Crippen LogP contribution in [0.1, 0.15) is 30.7 Å². The quantitative estimate of drug-likeness (QED) is 0.898. The number of benzene rings is 1. The molecule has 0 saturated heterocycles. The third-order valence-electron chi connectivity index (χ3n) is 3.46. The van der Waals surface area contributed by atoms with Gasteiger partial charge in [0.25, 0.3) is 0 Å². The minimum atomic E-state index is -0.775. The molecule has 0 bridgehead atoms. The van der Waals surface area contributed by atoms with Crippen molar-refractivity contribution in [3.05, 3.63) is 35.1 Å². The molecular formula is C15H18O3. The molecule has 1 aromatic carbocycles. The monoisotopic (exact) mass is 246 g/mol. The molecule has 1 heterocycles. The van der Waals surface area contributed by atoms with E-state index in [9.17, 15) is 4.79 Å². The van der Waals surface area contributed by atoms with Crippen LogP contribution in [-0.2, 0) is 11.2 Å². The lowest BCUT2D eigenvalue weighted by atomic mass is 9.85. The van der Waals surface area contributed by atoms with Gasteiger partial charge in [0, 0.05) is 5.39 Å². The van der Waals surface area contributed by atoms with Crippen molar-refractivity contribution < 1.29 is 14.3 Å². The number of aliphatic carboxylic acids is 1. The summed E-state index contributed by atoms with van der Waals surface area (Å²) in [6, 6.07) is 5.89. The fourth-order valence-corrected chi connectivity index (χ4v) is 2.09. The Kier molecular flexibility index (Phi) is 2.93. The van der Waals surface area contributed by atoms with Gasteiger partial charge in [-0.1, -0.05) is 6.07 Å². The SMILES string of the molecule is Cc1oc2ccc(CC(C)(C)C(=O)O)cc2c1C. The van der Waals surface area contributed by atoms with Gasteiger partial charge < -0.3 is 9.52 Å². The number of fused-ring (bicyclic) bond motifs is 1. The minimum absolute atomic E-state index is 0.516. The molecule has 18 heavy (non-hydrogen) atoms. The first-order chi connectivity index (χ1) is 8.31. The van der Waals surface area contributed by atoms with Crippen molar-refractivity contribution in [2.75, 3.05) is 0 Å². The lowest BCUT2D eigenvalue weighted by molar-refractivity contribution is -0.146. The molecule has 0 radical (unpaired) electrons. The highest BCUT2D eigenvalue weighted by atomic mass is 16.4. The molecule has 1 aromatic heterocycles. The van der Waals surface area contributed by atoms with Gasteiger partial charge in [0.2, 0.25) is 0 Å². The Balaban J connectivity index is 2.41. The second-order valence-corrected chi connectivity index (χ2v) is 5.48. The normalized spacial score (nSPS) is 12.0. The molecule has 0 amide bonds. The summed E-state index contributed by atoms with van der Waals surface area (Å²) in [5.74, 6) is 0.141. The van der Waals surface area contributed by atoms with E-state index in [0.29, 0.717) is 6.42 Å². The Morgan fingerprint density at radius 2 is 2.00 bits per heavy atom. The molecule has 3 nitrogen and oxygen atoms in total. The number of rotatable bonds is 3. The standard InChI is InChI=1S/C15H18O3/c1-9-10(2)18-13-6-5-11(7-12(9)13)8-15(3,4)14(16)17/h5-7H,8H2,1-4H3,(H,16,17). The third-order valence-corrected chi connectivity index (χ3v) is 3.46. The molecule has 2 aromatic rings. The lowest BCUT2D eigenvalue weighted by Gasteiger charge is -2.18. The van der Waals surface area contributed by atoms with Crippen molar-refractivity contribution in [2.24, 2.45) is 5.41 Å². The van der Waals surface area contributed by atoms with Crippen LogP contribution in [0.25, 0.3) is 11.0 Å². The van der Waals surface area contributed by atoms with E-state index in [0.717, 1.165) is 27.9 Å². The summed E-state index contributed by atoms with van der Waals surface area (Å²) in [6.45, 7) is 7.45. The highest BCUT2D eigenvalue weighted by Gasteiger charge is 2.27. The van der Waals surface area contributed by atoms with Crippen LogP contribution in [-0.4, -0.2) is 11.1 Å². The van der Waals surface area contributed by atoms with Gasteiger partial charge in [-0.2, -0.15) is 0 Å². The van der Waals surface area contributed by atoms with Crippen molar-refractivity contribution in [1.29, 1.82) is 0 Å². The van der Waals surface area contributed by atoms with Crippen LogP contribution in [0.15, 0.2) is 22.6 Å². The van der Waals surface area contributed by atoms with Crippen LogP contribution < -0.4 is 0 Å². The largest absolute Gasteiger partial charge is 0.481 e. The summed E-state index contributed by atoms with van der Waals surface area (Å²) < 4.78 is 5.61. The van der Waals surface area contributed by atoms with E-state index in [4.69, 9.17) is 9.52 Å². The molecule has 0 aliphatic carbocycles. The molecular weight excluding hydrogens is 228 g/mol. The van der Waals surface area contributed by atoms with E-state index in [-0.39, 0.29) is 0 Å². The van der Waals surface area contributed by atoms with Crippen LogP contribution in [0, 0.1) is 19.3 Å². The zero-order valence-electron chi connectivity index (χ0n) is 11.2. The highest BCUT2D eigenvalue weighted by molar-refractivity contribution is 5.83. The number of aryl methyl sites for hydroxylation is 2. The minimum Gasteiger partial charge on any atom is -0.481 e. The first-order valence-electron chi connectivity index (χ1n) is 6.03. The van der Waals surface area contributed by atoms with Crippen LogP contribution >= 0.6 is 0 Å². The van der Waals surface area contributed by atoms with Gasteiger partial charge in [-0.05, 0) is 57.4 Å². The Morgan fingerprint density at radius 3 is 2.61 bits per heavy atom. The second kappa shape index (κ2) is 4.16. The molecule has 0 aliphatic rings. The van der Waals surface area contributed by atoms with E-state index in [1.807, 2.05) is 32.0 Å². The fraction of sp³-hybridized carbons (Fsp3) is 0.400. The van der Waals surface area contributed by atoms with Gasteiger partial charge in [-0.25, -0.2) is 0 Å². The molecule has 3 heteroatoms. The van der Waals surface area contributed by atoms with Gasteiger partial charge in [-0.3, -0.25) is 4.79 Å². The molecule has 0 spiro atoms. The smallest absolute Gasteiger partial charge is 0.309 e. The molecule has 0 saturated carbocycles. The van der Waals surface area contributed by atoms with Crippen molar-refractivity contribution in [1.82, 2.24) is 0 Å². The topological polar surface area (TPSA) is 50.4 Å². The van der Waals surface area contributed by atoms with E-state index in [1.54, 1.807) is 13.8 Å². The maximum absolute atomic E-state index is 11.1. The van der Waals surface area contributed by atoms with Crippen molar-refractivity contribution >= 4 is 16.9 Å². The summed E-state index contributed by atoms with van der Waals surface area (Å²) in [5, 5.41) is 10.2. The number of hydrogen-bond acceptors (Lipinski definition) is 2. The fourth-order valence-electron chi connectivity index (χ4n) is 2.09. The molecule has 0 fully saturated rings. The maximum Gasteiger partial charge on any atom is 0.309 e. The molecule has 0 atom stereocenters. The summed E-state index contributed by atoms with van der Waals surface area (Å²) in [5.41, 5.74) is 2.26. The van der Waals surface area contributed by atoms with Crippen LogP contribution in [0.4, 0.5) is 0 Å². The second-order valence-electron chi connectivity index (χ2n) is 5.48. The zero-order valence-corrected chi connectivity index (χ0v) is 11.2. The third kappa shape index (κ3) is 2.13. The summed E-state index contributed by atoms with van der Waals surface area (Å²) in [4.78, 5) is 11.1. The highest BCUT2D eigenvalue weighted by Crippen LogP contribution is 2.28.